The Kier molecular flexibility index (Phi) is 5.23. The van der Waals surface area contributed by atoms with Crippen LogP contribution in [0.25, 0.3) is 11.0 Å². The minimum atomic E-state index is -0.543. The number of primary amides is 1. The number of fused-ring (bicyclic) bond motifs is 5. The number of rotatable bonds is 5. The number of aromatic nitrogens is 3. The van der Waals surface area contributed by atoms with Crippen molar-refractivity contribution in [3.63, 3.8) is 0 Å². The zero-order chi connectivity index (χ0) is 21.4. The smallest absolute Gasteiger partial charge is 0.316 e. The average Bonchev–Trinajstić information content (AvgIpc) is 3.16. The highest BCUT2D eigenvalue weighted by molar-refractivity contribution is 5.89. The van der Waals surface area contributed by atoms with Gasteiger partial charge in [-0.25, -0.2) is 14.8 Å². The van der Waals surface area contributed by atoms with E-state index in [0.717, 1.165) is 66.8 Å². The molecule has 8 heteroatoms. The highest BCUT2D eigenvalue weighted by atomic mass is 16.5. The molecular weight excluding hydrogens is 392 g/mol. The monoisotopic (exact) mass is 420 g/mol. The van der Waals surface area contributed by atoms with Crippen LogP contribution in [0.15, 0.2) is 24.3 Å². The molecule has 31 heavy (non-hydrogen) atoms. The van der Waals surface area contributed by atoms with Gasteiger partial charge in [0.15, 0.2) is 5.82 Å². The van der Waals surface area contributed by atoms with Crippen molar-refractivity contribution in [1.82, 2.24) is 14.5 Å². The van der Waals surface area contributed by atoms with E-state index in [4.69, 9.17) is 21.2 Å². The van der Waals surface area contributed by atoms with Gasteiger partial charge in [0.2, 0.25) is 0 Å². The number of imidazole rings is 1. The molecule has 0 radical (unpaired) electrons. The molecular formula is C23H28N6O2. The van der Waals surface area contributed by atoms with Crippen LogP contribution >= 0.6 is 0 Å². The molecule has 2 amide bonds. The summed E-state index contributed by atoms with van der Waals surface area (Å²) in [5, 5.41) is 2.72. The van der Waals surface area contributed by atoms with Crippen LogP contribution in [0.1, 0.15) is 54.4 Å². The first-order valence-electron chi connectivity index (χ1n) is 11.0. The minimum Gasteiger partial charge on any atom is -0.382 e. The van der Waals surface area contributed by atoms with E-state index < -0.39 is 6.03 Å². The molecule has 2 aliphatic rings. The quantitative estimate of drug-likeness (QED) is 0.583. The number of nitrogen functional groups attached to an aromatic ring is 1. The zero-order valence-corrected chi connectivity index (χ0v) is 17.6. The SMILES string of the molecule is NC(=O)Nc1ccccc1CCC[C@H]1COCc2nc3c(N)nc4c(c3n21)CCCC4. The molecule has 5 N–H and O–H groups in total. The fourth-order valence-electron chi connectivity index (χ4n) is 5.00. The molecule has 3 aromatic rings. The first-order valence-corrected chi connectivity index (χ1v) is 11.0. The van der Waals surface area contributed by atoms with Crippen LogP contribution in [0, 0.1) is 0 Å². The van der Waals surface area contributed by atoms with Crippen LogP contribution in [0.5, 0.6) is 0 Å². The van der Waals surface area contributed by atoms with E-state index in [1.54, 1.807) is 0 Å². The first-order chi connectivity index (χ1) is 15.1. The number of para-hydroxylation sites is 1. The Morgan fingerprint density at radius 2 is 2.06 bits per heavy atom. The van der Waals surface area contributed by atoms with Crippen LogP contribution in [-0.2, 0) is 30.6 Å². The Morgan fingerprint density at radius 1 is 1.23 bits per heavy atom. The standard InChI is InChI=1S/C23H28N6O2/c24-22-20-21(16-9-2-4-11-18(16)26-22)29-15(12-31-13-19(29)28-20)8-5-7-14-6-1-3-10-17(14)27-23(25)30/h1,3,6,10,15H,2,4-5,7-9,11-13H2,(H2,24,26)(H3,25,27,30)/t15-/m0/s1. The topological polar surface area (TPSA) is 121 Å². The van der Waals surface area contributed by atoms with E-state index in [2.05, 4.69) is 14.9 Å². The Morgan fingerprint density at radius 3 is 2.94 bits per heavy atom. The number of hydrogen-bond acceptors (Lipinski definition) is 5. The number of nitrogens with one attached hydrogen (secondary N) is 1. The van der Waals surface area contributed by atoms with Crippen LogP contribution in [-0.4, -0.2) is 27.2 Å². The Balaban J connectivity index is 1.42. The summed E-state index contributed by atoms with van der Waals surface area (Å²) in [7, 11) is 0. The molecule has 1 aliphatic heterocycles. The van der Waals surface area contributed by atoms with Crippen LogP contribution < -0.4 is 16.8 Å². The molecule has 2 aromatic heterocycles. The number of nitrogens with two attached hydrogens (primary N) is 2. The van der Waals surface area contributed by atoms with Crippen molar-refractivity contribution >= 4 is 28.6 Å². The largest absolute Gasteiger partial charge is 0.382 e. The molecule has 8 nitrogen and oxygen atoms in total. The second-order valence-corrected chi connectivity index (χ2v) is 8.43. The molecule has 3 heterocycles. The molecule has 0 saturated heterocycles. The van der Waals surface area contributed by atoms with E-state index in [9.17, 15) is 4.79 Å². The van der Waals surface area contributed by atoms with Crippen molar-refractivity contribution < 1.29 is 9.53 Å². The molecule has 1 atom stereocenters. The Bertz CT molecular complexity index is 1140. The Hall–Kier alpha value is -3.13. The minimum absolute atomic E-state index is 0.206. The lowest BCUT2D eigenvalue weighted by molar-refractivity contribution is 0.0532. The number of anilines is 2. The number of hydrogen-bond donors (Lipinski definition) is 3. The highest BCUT2D eigenvalue weighted by Gasteiger charge is 2.28. The number of carbonyl (C=O) groups excluding carboxylic acids is 1. The fraction of sp³-hybridized carbons (Fsp3) is 0.435. The van der Waals surface area contributed by atoms with Gasteiger partial charge in [0.25, 0.3) is 0 Å². The number of carbonyl (C=O) groups is 1. The van der Waals surface area contributed by atoms with Crippen molar-refractivity contribution in [1.29, 1.82) is 0 Å². The average molecular weight is 421 g/mol. The van der Waals surface area contributed by atoms with Crippen molar-refractivity contribution in [2.75, 3.05) is 17.7 Å². The number of benzene rings is 1. The molecule has 0 spiro atoms. The van der Waals surface area contributed by atoms with Gasteiger partial charge in [0.1, 0.15) is 17.9 Å². The zero-order valence-electron chi connectivity index (χ0n) is 17.6. The number of aryl methyl sites for hydroxylation is 3. The molecule has 0 unspecified atom stereocenters. The second kappa shape index (κ2) is 8.19. The maximum atomic E-state index is 11.3. The van der Waals surface area contributed by atoms with Crippen molar-refractivity contribution in [3.05, 3.63) is 46.9 Å². The third kappa shape index (κ3) is 3.72. The summed E-state index contributed by atoms with van der Waals surface area (Å²) in [6, 6.07) is 7.46. The summed E-state index contributed by atoms with van der Waals surface area (Å²) in [5.74, 6) is 1.47. The molecule has 1 aliphatic carbocycles. The molecule has 5 rings (SSSR count). The normalized spacial score (nSPS) is 17.9. The summed E-state index contributed by atoms with van der Waals surface area (Å²) in [4.78, 5) is 20.8. The van der Waals surface area contributed by atoms with Gasteiger partial charge in [-0.2, -0.15) is 0 Å². The van der Waals surface area contributed by atoms with Gasteiger partial charge in [-0.3, -0.25) is 0 Å². The van der Waals surface area contributed by atoms with Crippen molar-refractivity contribution in [2.24, 2.45) is 5.73 Å². The van der Waals surface area contributed by atoms with E-state index in [1.807, 2.05) is 24.3 Å². The van der Waals surface area contributed by atoms with E-state index in [-0.39, 0.29) is 6.04 Å². The van der Waals surface area contributed by atoms with Gasteiger partial charge >= 0.3 is 6.03 Å². The summed E-state index contributed by atoms with van der Waals surface area (Å²) < 4.78 is 8.25. The van der Waals surface area contributed by atoms with E-state index >= 15 is 0 Å². The summed E-state index contributed by atoms with van der Waals surface area (Å²) in [6.07, 6.45) is 7.10. The number of ether oxygens (including phenoxy) is 1. The fourth-order valence-corrected chi connectivity index (χ4v) is 5.00. The second-order valence-electron chi connectivity index (χ2n) is 8.43. The van der Waals surface area contributed by atoms with Gasteiger partial charge in [-0.15, -0.1) is 0 Å². The number of nitrogens with zero attached hydrogens (tertiary/aromatic N) is 3. The maximum Gasteiger partial charge on any atom is 0.316 e. The third-order valence-electron chi connectivity index (χ3n) is 6.37. The van der Waals surface area contributed by atoms with Gasteiger partial charge in [0.05, 0.1) is 18.2 Å². The predicted molar refractivity (Wildman–Crippen MR) is 120 cm³/mol. The van der Waals surface area contributed by atoms with Crippen molar-refractivity contribution in [2.45, 2.75) is 57.6 Å². The highest BCUT2D eigenvalue weighted by Crippen LogP contribution is 2.36. The number of pyridine rings is 1. The van der Waals surface area contributed by atoms with E-state index in [0.29, 0.717) is 19.0 Å². The lowest BCUT2D eigenvalue weighted by atomic mass is 9.94. The molecule has 0 saturated carbocycles. The number of urea groups is 1. The molecule has 0 bridgehead atoms. The van der Waals surface area contributed by atoms with Gasteiger partial charge in [-0.05, 0) is 62.1 Å². The van der Waals surface area contributed by atoms with Gasteiger partial charge in [-0.1, -0.05) is 18.2 Å². The predicted octanol–water partition coefficient (Wildman–Crippen LogP) is 3.48. The van der Waals surface area contributed by atoms with E-state index in [1.165, 1.54) is 17.5 Å². The Labute approximate surface area is 181 Å². The maximum absolute atomic E-state index is 11.3. The van der Waals surface area contributed by atoms with Crippen LogP contribution in [0.3, 0.4) is 0 Å². The van der Waals surface area contributed by atoms with Gasteiger partial charge < -0.3 is 26.1 Å². The summed E-state index contributed by atoms with van der Waals surface area (Å²) >= 11 is 0. The first kappa shape index (κ1) is 19.8. The molecule has 0 fully saturated rings. The number of amides is 2. The van der Waals surface area contributed by atoms with Crippen molar-refractivity contribution in [3.8, 4) is 0 Å². The van der Waals surface area contributed by atoms with Crippen LogP contribution in [0.4, 0.5) is 16.3 Å². The lowest BCUT2D eigenvalue weighted by Crippen LogP contribution is -2.25. The van der Waals surface area contributed by atoms with Gasteiger partial charge in [0, 0.05) is 11.4 Å². The molecule has 1 aromatic carbocycles. The molecule has 162 valence electrons. The van der Waals surface area contributed by atoms with Crippen LogP contribution in [0.2, 0.25) is 0 Å². The lowest BCUT2D eigenvalue weighted by Gasteiger charge is -2.28. The summed E-state index contributed by atoms with van der Waals surface area (Å²) in [6.45, 7) is 1.17. The summed E-state index contributed by atoms with van der Waals surface area (Å²) in [5.41, 5.74) is 17.9. The third-order valence-corrected chi connectivity index (χ3v) is 6.37.